The van der Waals surface area contributed by atoms with Crippen molar-refractivity contribution in [3.63, 3.8) is 0 Å². The van der Waals surface area contributed by atoms with Crippen molar-refractivity contribution in [3.8, 4) is 5.75 Å². The number of benzene rings is 1. The number of nitrogens with zero attached hydrogens (tertiary/aromatic N) is 1. The normalized spacial score (nSPS) is 16.4. The second-order valence-electron chi connectivity index (χ2n) is 4.85. The van der Waals surface area contributed by atoms with Crippen molar-refractivity contribution in [2.45, 2.75) is 31.7 Å². The fraction of sp³-hybridized carbons (Fsp3) is 0.429. The van der Waals surface area contributed by atoms with Crippen molar-refractivity contribution in [1.29, 1.82) is 0 Å². The third-order valence-electron chi connectivity index (χ3n) is 3.56. The predicted octanol–water partition coefficient (Wildman–Crippen LogP) is 2.63. The minimum Gasteiger partial charge on any atom is -0.508 e. The molecule has 0 aliphatic heterocycles. The Kier molecular flexibility index (Phi) is 4.10. The number of phenolic OH excluding ortho intramolecular Hbond substituents is 1. The number of aromatic hydroxyl groups is 1. The van der Waals surface area contributed by atoms with Crippen LogP contribution in [-0.2, 0) is 4.79 Å². The monoisotopic (exact) mass is 281 g/mol. The van der Waals surface area contributed by atoms with E-state index >= 15 is 0 Å². The first-order valence-corrected chi connectivity index (χ1v) is 6.64. The Morgan fingerprint density at radius 1 is 1.37 bits per heavy atom. The number of halogens is 1. The second-order valence-corrected chi connectivity index (χ2v) is 5.26. The van der Waals surface area contributed by atoms with Crippen molar-refractivity contribution < 1.29 is 14.7 Å². The highest BCUT2D eigenvalue weighted by Crippen LogP contribution is 2.25. The van der Waals surface area contributed by atoms with E-state index in [-0.39, 0.29) is 23.5 Å². The van der Waals surface area contributed by atoms with Gasteiger partial charge in [-0.25, -0.2) is 0 Å². The van der Waals surface area contributed by atoms with Gasteiger partial charge in [-0.05, 0) is 31.0 Å². The van der Waals surface area contributed by atoms with E-state index in [1.54, 1.807) is 11.9 Å². The van der Waals surface area contributed by atoms with Crippen LogP contribution < -0.4 is 0 Å². The average molecular weight is 282 g/mol. The van der Waals surface area contributed by atoms with Crippen molar-refractivity contribution in [3.05, 3.63) is 28.8 Å². The lowest BCUT2D eigenvalue weighted by Gasteiger charge is -2.31. The number of hydrogen-bond acceptors (Lipinski definition) is 3. The standard InChI is InChI=1S/C14H16ClNO3/c1-16(9-2-4-10(17)5-3-9)14(19)12-8-11(18)6-7-13(12)15/h6-9,18H,2-5H2,1H3. The van der Waals surface area contributed by atoms with Gasteiger partial charge in [0.25, 0.3) is 5.91 Å². The van der Waals surface area contributed by atoms with Gasteiger partial charge in [-0.15, -0.1) is 0 Å². The van der Waals surface area contributed by atoms with Crippen LogP contribution in [0.25, 0.3) is 0 Å². The number of Topliss-reactive ketones (excluding diaryl/α,β-unsaturated/α-hetero) is 1. The van der Waals surface area contributed by atoms with Gasteiger partial charge in [0, 0.05) is 25.9 Å². The molecule has 1 amide bonds. The third kappa shape index (κ3) is 3.07. The molecule has 0 aromatic heterocycles. The number of amides is 1. The fourth-order valence-corrected chi connectivity index (χ4v) is 2.54. The summed E-state index contributed by atoms with van der Waals surface area (Å²) < 4.78 is 0. The molecule has 0 bridgehead atoms. The van der Waals surface area contributed by atoms with Gasteiger partial charge in [0.05, 0.1) is 10.6 Å². The predicted molar refractivity (Wildman–Crippen MR) is 72.5 cm³/mol. The summed E-state index contributed by atoms with van der Waals surface area (Å²) in [6, 6.07) is 4.37. The van der Waals surface area contributed by atoms with Crippen molar-refractivity contribution in [1.82, 2.24) is 4.90 Å². The summed E-state index contributed by atoms with van der Waals surface area (Å²) in [7, 11) is 1.71. The molecule has 0 spiro atoms. The van der Waals surface area contributed by atoms with Gasteiger partial charge in [-0.3, -0.25) is 9.59 Å². The van der Waals surface area contributed by atoms with E-state index in [0.29, 0.717) is 36.3 Å². The van der Waals surface area contributed by atoms with E-state index in [1.165, 1.54) is 18.2 Å². The molecule has 102 valence electrons. The van der Waals surface area contributed by atoms with Crippen LogP contribution in [0.4, 0.5) is 0 Å². The molecule has 1 N–H and O–H groups in total. The molecule has 0 unspecified atom stereocenters. The summed E-state index contributed by atoms with van der Waals surface area (Å²) in [5, 5.41) is 9.76. The Balaban J connectivity index is 2.14. The zero-order chi connectivity index (χ0) is 14.0. The van der Waals surface area contributed by atoms with Gasteiger partial charge >= 0.3 is 0 Å². The zero-order valence-electron chi connectivity index (χ0n) is 10.7. The van der Waals surface area contributed by atoms with Crippen molar-refractivity contribution in [2.24, 2.45) is 0 Å². The second kappa shape index (κ2) is 5.61. The lowest BCUT2D eigenvalue weighted by atomic mass is 9.93. The van der Waals surface area contributed by atoms with E-state index in [2.05, 4.69) is 0 Å². The lowest BCUT2D eigenvalue weighted by molar-refractivity contribution is -0.121. The summed E-state index contributed by atoms with van der Waals surface area (Å²) in [5.74, 6) is 0.0488. The molecule has 1 aliphatic carbocycles. The number of carbonyl (C=O) groups excluding carboxylic acids is 2. The SMILES string of the molecule is CN(C(=O)c1cc(O)ccc1Cl)C1CCC(=O)CC1. The van der Waals surface area contributed by atoms with Crippen LogP contribution in [0.5, 0.6) is 5.75 Å². The molecule has 1 aliphatic rings. The van der Waals surface area contributed by atoms with Gasteiger partial charge in [-0.1, -0.05) is 11.6 Å². The quantitative estimate of drug-likeness (QED) is 0.906. The molecule has 0 atom stereocenters. The van der Waals surface area contributed by atoms with Crippen LogP contribution in [0.15, 0.2) is 18.2 Å². The first kappa shape index (κ1) is 13.9. The van der Waals surface area contributed by atoms with Crippen LogP contribution >= 0.6 is 11.6 Å². The Morgan fingerprint density at radius 2 is 2.00 bits per heavy atom. The van der Waals surface area contributed by atoms with Crippen molar-refractivity contribution in [2.75, 3.05) is 7.05 Å². The first-order chi connectivity index (χ1) is 8.99. The molecular formula is C14H16ClNO3. The van der Waals surface area contributed by atoms with E-state index in [1.807, 2.05) is 0 Å². The molecule has 1 fully saturated rings. The molecule has 1 aromatic carbocycles. The van der Waals surface area contributed by atoms with Crippen LogP contribution in [-0.4, -0.2) is 34.8 Å². The van der Waals surface area contributed by atoms with E-state index in [4.69, 9.17) is 11.6 Å². The molecule has 19 heavy (non-hydrogen) atoms. The number of phenols is 1. The smallest absolute Gasteiger partial charge is 0.255 e. The third-order valence-corrected chi connectivity index (χ3v) is 3.89. The Bertz CT molecular complexity index is 505. The number of rotatable bonds is 2. The Hall–Kier alpha value is -1.55. The summed E-state index contributed by atoms with van der Waals surface area (Å²) in [5.41, 5.74) is 0.293. The molecule has 0 saturated heterocycles. The minimum absolute atomic E-state index is 0.0139. The van der Waals surface area contributed by atoms with Gasteiger partial charge in [0.1, 0.15) is 11.5 Å². The minimum atomic E-state index is -0.222. The first-order valence-electron chi connectivity index (χ1n) is 6.26. The van der Waals surface area contributed by atoms with Gasteiger partial charge in [0.15, 0.2) is 0 Å². The molecule has 5 heteroatoms. The van der Waals surface area contributed by atoms with Gasteiger partial charge < -0.3 is 10.0 Å². The van der Waals surface area contributed by atoms with E-state index in [9.17, 15) is 14.7 Å². The van der Waals surface area contributed by atoms with Crippen LogP contribution in [0.1, 0.15) is 36.0 Å². The lowest BCUT2D eigenvalue weighted by Crippen LogP contribution is -2.39. The summed E-state index contributed by atoms with van der Waals surface area (Å²) >= 11 is 5.98. The highest BCUT2D eigenvalue weighted by molar-refractivity contribution is 6.33. The summed E-state index contributed by atoms with van der Waals surface area (Å²) in [6.45, 7) is 0. The average Bonchev–Trinajstić information content (AvgIpc) is 2.41. The fourth-order valence-electron chi connectivity index (χ4n) is 2.34. The maximum Gasteiger partial charge on any atom is 0.255 e. The number of ketones is 1. The van der Waals surface area contributed by atoms with Crippen molar-refractivity contribution >= 4 is 23.3 Å². The molecule has 1 saturated carbocycles. The van der Waals surface area contributed by atoms with Gasteiger partial charge in [-0.2, -0.15) is 0 Å². The largest absolute Gasteiger partial charge is 0.508 e. The summed E-state index contributed by atoms with van der Waals surface area (Å²) in [4.78, 5) is 25.2. The van der Waals surface area contributed by atoms with Crippen LogP contribution in [0.3, 0.4) is 0 Å². The Morgan fingerprint density at radius 3 is 2.63 bits per heavy atom. The number of hydrogen-bond donors (Lipinski definition) is 1. The molecule has 2 rings (SSSR count). The van der Waals surface area contributed by atoms with Gasteiger partial charge in [0.2, 0.25) is 0 Å². The highest BCUT2D eigenvalue weighted by atomic mass is 35.5. The number of carbonyl (C=O) groups is 2. The highest BCUT2D eigenvalue weighted by Gasteiger charge is 2.26. The zero-order valence-corrected chi connectivity index (χ0v) is 11.5. The maximum absolute atomic E-state index is 12.3. The maximum atomic E-state index is 12.3. The molecule has 0 heterocycles. The van der Waals surface area contributed by atoms with Crippen LogP contribution in [0.2, 0.25) is 5.02 Å². The summed E-state index contributed by atoms with van der Waals surface area (Å²) in [6.07, 6.45) is 2.43. The molecule has 1 aromatic rings. The molecule has 4 nitrogen and oxygen atoms in total. The van der Waals surface area contributed by atoms with E-state index < -0.39 is 0 Å². The Labute approximate surface area is 117 Å². The topological polar surface area (TPSA) is 57.6 Å². The van der Waals surface area contributed by atoms with E-state index in [0.717, 1.165) is 0 Å². The van der Waals surface area contributed by atoms with Crippen LogP contribution in [0, 0.1) is 0 Å². The molecule has 0 radical (unpaired) electrons. The molecular weight excluding hydrogens is 266 g/mol.